The van der Waals surface area contributed by atoms with Crippen LogP contribution in [0.15, 0.2) is 18.5 Å². The predicted octanol–water partition coefficient (Wildman–Crippen LogP) is 1.35. The largest absolute Gasteiger partial charge is 0.319 e. The molecule has 1 heterocycles. The van der Waals surface area contributed by atoms with Crippen LogP contribution < -0.4 is 5.32 Å². The summed E-state index contributed by atoms with van der Waals surface area (Å²) in [5, 5.41) is 3.05. The topological polar surface area (TPSA) is 24.9 Å². The van der Waals surface area contributed by atoms with Crippen molar-refractivity contribution in [3.63, 3.8) is 0 Å². The molecule has 2 heteroatoms. The van der Waals surface area contributed by atoms with Gasteiger partial charge in [-0.1, -0.05) is 11.8 Å². The van der Waals surface area contributed by atoms with Crippen LogP contribution in [0, 0.1) is 18.8 Å². The van der Waals surface area contributed by atoms with Gasteiger partial charge in [0.25, 0.3) is 0 Å². The zero-order chi connectivity index (χ0) is 9.52. The zero-order valence-corrected chi connectivity index (χ0v) is 8.09. The SMILES string of the molecule is CNCCC#Cc1ccncc1C. The number of hydrogen-bond donors (Lipinski definition) is 1. The van der Waals surface area contributed by atoms with Gasteiger partial charge in [0.2, 0.25) is 0 Å². The van der Waals surface area contributed by atoms with Crippen molar-refractivity contribution in [3.05, 3.63) is 29.6 Å². The summed E-state index contributed by atoms with van der Waals surface area (Å²) < 4.78 is 0. The summed E-state index contributed by atoms with van der Waals surface area (Å²) in [6, 6.07) is 1.95. The summed E-state index contributed by atoms with van der Waals surface area (Å²) in [5.41, 5.74) is 2.21. The quantitative estimate of drug-likeness (QED) is 0.541. The van der Waals surface area contributed by atoms with Crippen molar-refractivity contribution in [2.75, 3.05) is 13.6 Å². The van der Waals surface area contributed by atoms with E-state index in [1.54, 1.807) is 6.20 Å². The first-order chi connectivity index (χ1) is 6.34. The lowest BCUT2D eigenvalue weighted by atomic mass is 10.1. The van der Waals surface area contributed by atoms with Crippen molar-refractivity contribution < 1.29 is 0 Å². The molecule has 0 radical (unpaired) electrons. The molecule has 0 aliphatic rings. The van der Waals surface area contributed by atoms with Crippen LogP contribution in [0.3, 0.4) is 0 Å². The maximum atomic E-state index is 4.01. The fourth-order valence-corrected chi connectivity index (χ4v) is 0.959. The number of aromatic nitrogens is 1. The molecular formula is C11H14N2. The molecule has 0 atom stereocenters. The van der Waals surface area contributed by atoms with Gasteiger partial charge < -0.3 is 5.32 Å². The van der Waals surface area contributed by atoms with Crippen LogP contribution in [0.4, 0.5) is 0 Å². The number of nitrogens with one attached hydrogen (secondary N) is 1. The van der Waals surface area contributed by atoms with E-state index in [4.69, 9.17) is 0 Å². The molecule has 68 valence electrons. The summed E-state index contributed by atoms with van der Waals surface area (Å²) in [6.07, 6.45) is 4.50. The van der Waals surface area contributed by atoms with E-state index in [0.29, 0.717) is 0 Å². The summed E-state index contributed by atoms with van der Waals surface area (Å²) in [4.78, 5) is 4.01. The van der Waals surface area contributed by atoms with E-state index in [1.807, 2.05) is 26.2 Å². The number of rotatable bonds is 2. The highest BCUT2D eigenvalue weighted by atomic mass is 14.8. The molecule has 13 heavy (non-hydrogen) atoms. The second-order valence-corrected chi connectivity index (χ2v) is 2.85. The Kier molecular flexibility index (Phi) is 4.01. The Hall–Kier alpha value is -1.33. The van der Waals surface area contributed by atoms with Crippen LogP contribution >= 0.6 is 0 Å². The first kappa shape index (κ1) is 9.76. The van der Waals surface area contributed by atoms with Gasteiger partial charge >= 0.3 is 0 Å². The Labute approximate surface area is 79.4 Å². The van der Waals surface area contributed by atoms with Gasteiger partial charge in [-0.05, 0) is 25.6 Å². The minimum absolute atomic E-state index is 0.887. The highest BCUT2D eigenvalue weighted by molar-refractivity contribution is 5.38. The van der Waals surface area contributed by atoms with Crippen LogP contribution in [0.1, 0.15) is 17.5 Å². The Morgan fingerprint density at radius 3 is 3.08 bits per heavy atom. The molecule has 1 rings (SSSR count). The second kappa shape index (κ2) is 5.34. The van der Waals surface area contributed by atoms with E-state index < -0.39 is 0 Å². The van der Waals surface area contributed by atoms with E-state index in [2.05, 4.69) is 22.1 Å². The van der Waals surface area contributed by atoms with Gasteiger partial charge in [-0.15, -0.1) is 0 Å². The Bertz CT molecular complexity index is 320. The van der Waals surface area contributed by atoms with Crippen molar-refractivity contribution in [2.45, 2.75) is 13.3 Å². The Morgan fingerprint density at radius 1 is 1.54 bits per heavy atom. The van der Waals surface area contributed by atoms with E-state index in [0.717, 1.165) is 24.1 Å². The van der Waals surface area contributed by atoms with Crippen molar-refractivity contribution in [1.82, 2.24) is 10.3 Å². The fourth-order valence-electron chi connectivity index (χ4n) is 0.959. The molecule has 0 aromatic carbocycles. The zero-order valence-electron chi connectivity index (χ0n) is 8.09. The molecule has 1 aromatic heterocycles. The average Bonchev–Trinajstić information content (AvgIpc) is 2.15. The van der Waals surface area contributed by atoms with Gasteiger partial charge in [-0.25, -0.2) is 0 Å². The molecule has 0 aliphatic heterocycles. The molecule has 0 aliphatic carbocycles. The van der Waals surface area contributed by atoms with Gasteiger partial charge in [-0.2, -0.15) is 0 Å². The fraction of sp³-hybridized carbons (Fsp3) is 0.364. The molecule has 0 saturated heterocycles. The lowest BCUT2D eigenvalue weighted by Gasteiger charge is -1.94. The predicted molar refractivity (Wildman–Crippen MR) is 54.4 cm³/mol. The van der Waals surface area contributed by atoms with Gasteiger partial charge in [0, 0.05) is 30.9 Å². The van der Waals surface area contributed by atoms with Crippen molar-refractivity contribution >= 4 is 0 Å². The van der Waals surface area contributed by atoms with Crippen LogP contribution in [-0.4, -0.2) is 18.6 Å². The molecule has 0 saturated carbocycles. The maximum Gasteiger partial charge on any atom is 0.0309 e. The molecule has 0 spiro atoms. The first-order valence-corrected chi connectivity index (χ1v) is 4.38. The van der Waals surface area contributed by atoms with Crippen LogP contribution in [0.2, 0.25) is 0 Å². The van der Waals surface area contributed by atoms with E-state index >= 15 is 0 Å². The van der Waals surface area contributed by atoms with Crippen molar-refractivity contribution in [3.8, 4) is 11.8 Å². The third kappa shape index (κ3) is 3.27. The summed E-state index contributed by atoms with van der Waals surface area (Å²) in [5.74, 6) is 6.22. The van der Waals surface area contributed by atoms with Gasteiger partial charge in [0.15, 0.2) is 0 Å². The van der Waals surface area contributed by atoms with E-state index in [-0.39, 0.29) is 0 Å². The lowest BCUT2D eigenvalue weighted by Crippen LogP contribution is -2.05. The van der Waals surface area contributed by atoms with E-state index in [1.165, 1.54) is 0 Å². The Balaban J connectivity index is 2.61. The third-order valence-corrected chi connectivity index (χ3v) is 1.74. The standard InChI is InChI=1S/C11H14N2/c1-10-9-13-8-6-11(10)5-3-4-7-12-2/h6,8-9,12H,4,7H2,1-2H3. The summed E-state index contributed by atoms with van der Waals surface area (Å²) >= 11 is 0. The van der Waals surface area contributed by atoms with Crippen molar-refractivity contribution in [2.24, 2.45) is 0 Å². The first-order valence-electron chi connectivity index (χ1n) is 4.38. The number of pyridine rings is 1. The minimum Gasteiger partial charge on any atom is -0.319 e. The summed E-state index contributed by atoms with van der Waals surface area (Å²) in [6.45, 7) is 2.96. The molecular weight excluding hydrogens is 160 g/mol. The van der Waals surface area contributed by atoms with Gasteiger partial charge in [-0.3, -0.25) is 4.98 Å². The smallest absolute Gasteiger partial charge is 0.0309 e. The monoisotopic (exact) mass is 174 g/mol. The third-order valence-electron chi connectivity index (χ3n) is 1.74. The number of hydrogen-bond acceptors (Lipinski definition) is 2. The van der Waals surface area contributed by atoms with Crippen LogP contribution in [-0.2, 0) is 0 Å². The normalized spacial score (nSPS) is 9.08. The molecule has 1 N–H and O–H groups in total. The molecule has 0 amide bonds. The highest BCUT2D eigenvalue weighted by Crippen LogP contribution is 2.01. The average molecular weight is 174 g/mol. The molecule has 0 fully saturated rings. The van der Waals surface area contributed by atoms with E-state index in [9.17, 15) is 0 Å². The molecule has 0 bridgehead atoms. The number of aryl methyl sites for hydroxylation is 1. The number of nitrogens with zero attached hydrogens (tertiary/aromatic N) is 1. The second-order valence-electron chi connectivity index (χ2n) is 2.85. The van der Waals surface area contributed by atoms with Crippen molar-refractivity contribution in [1.29, 1.82) is 0 Å². The maximum absolute atomic E-state index is 4.01. The highest BCUT2D eigenvalue weighted by Gasteiger charge is 1.90. The van der Waals surface area contributed by atoms with Gasteiger partial charge in [0.05, 0.1) is 0 Å². The van der Waals surface area contributed by atoms with Crippen LogP contribution in [0.5, 0.6) is 0 Å². The molecule has 2 nitrogen and oxygen atoms in total. The Morgan fingerprint density at radius 2 is 2.38 bits per heavy atom. The minimum atomic E-state index is 0.887. The lowest BCUT2D eigenvalue weighted by molar-refractivity contribution is 0.818. The molecule has 0 unspecified atom stereocenters. The summed E-state index contributed by atoms with van der Waals surface area (Å²) in [7, 11) is 1.93. The van der Waals surface area contributed by atoms with Gasteiger partial charge in [0.1, 0.15) is 0 Å². The van der Waals surface area contributed by atoms with Crippen LogP contribution in [0.25, 0.3) is 0 Å². The molecule has 1 aromatic rings.